The highest BCUT2D eigenvalue weighted by molar-refractivity contribution is 5.42. The number of nitrogens with two attached hydrogens (primary N) is 1. The Kier molecular flexibility index (Phi) is 3.03. The molecule has 1 atom stereocenters. The fourth-order valence-electron chi connectivity index (χ4n) is 2.24. The van der Waals surface area contributed by atoms with Crippen LogP contribution in [0.3, 0.4) is 0 Å². The standard InChI is InChI=1S/C16H19N/c1-12-9-10-13(2)15(11-12)16(3,17)14-7-5-4-6-8-14/h4-11H,17H2,1-3H3. The molecule has 2 aromatic rings. The Labute approximate surface area is 103 Å². The van der Waals surface area contributed by atoms with E-state index in [0.717, 1.165) is 5.56 Å². The van der Waals surface area contributed by atoms with E-state index in [9.17, 15) is 0 Å². The fourth-order valence-corrected chi connectivity index (χ4v) is 2.24. The van der Waals surface area contributed by atoms with Crippen molar-refractivity contribution in [3.63, 3.8) is 0 Å². The summed E-state index contributed by atoms with van der Waals surface area (Å²) >= 11 is 0. The first-order valence-corrected chi connectivity index (χ1v) is 5.94. The lowest BCUT2D eigenvalue weighted by Gasteiger charge is -2.28. The molecule has 17 heavy (non-hydrogen) atoms. The maximum absolute atomic E-state index is 6.53. The molecule has 0 spiro atoms. The van der Waals surface area contributed by atoms with Gasteiger partial charge in [0.05, 0.1) is 5.54 Å². The van der Waals surface area contributed by atoms with Crippen LogP contribution >= 0.6 is 0 Å². The van der Waals surface area contributed by atoms with Gasteiger partial charge in [-0.25, -0.2) is 0 Å². The molecule has 0 aromatic heterocycles. The van der Waals surface area contributed by atoms with Crippen molar-refractivity contribution in [2.75, 3.05) is 0 Å². The predicted molar refractivity (Wildman–Crippen MR) is 73.0 cm³/mol. The van der Waals surface area contributed by atoms with E-state index in [-0.39, 0.29) is 0 Å². The molecular weight excluding hydrogens is 206 g/mol. The maximum Gasteiger partial charge on any atom is 0.0639 e. The summed E-state index contributed by atoms with van der Waals surface area (Å²) in [4.78, 5) is 0. The lowest BCUT2D eigenvalue weighted by Crippen LogP contribution is -2.35. The van der Waals surface area contributed by atoms with Gasteiger partial charge in [0.1, 0.15) is 0 Å². The molecule has 88 valence electrons. The van der Waals surface area contributed by atoms with Crippen LogP contribution in [0.4, 0.5) is 0 Å². The minimum absolute atomic E-state index is 0.433. The summed E-state index contributed by atoms with van der Waals surface area (Å²) in [5.74, 6) is 0. The van der Waals surface area contributed by atoms with E-state index in [2.05, 4.69) is 51.1 Å². The van der Waals surface area contributed by atoms with Crippen molar-refractivity contribution in [2.45, 2.75) is 26.3 Å². The number of benzene rings is 2. The molecular formula is C16H19N. The summed E-state index contributed by atoms with van der Waals surface area (Å²) in [5, 5.41) is 0. The molecule has 0 saturated carbocycles. The monoisotopic (exact) mass is 225 g/mol. The highest BCUT2D eigenvalue weighted by Gasteiger charge is 2.25. The summed E-state index contributed by atoms with van der Waals surface area (Å²) in [5.41, 5.74) is 10.9. The molecule has 1 heteroatoms. The van der Waals surface area contributed by atoms with E-state index < -0.39 is 5.54 Å². The SMILES string of the molecule is Cc1ccc(C)c(C(C)(N)c2ccccc2)c1. The molecule has 1 nitrogen and oxygen atoms in total. The first-order chi connectivity index (χ1) is 8.01. The topological polar surface area (TPSA) is 26.0 Å². The lowest BCUT2D eigenvalue weighted by atomic mass is 9.82. The Morgan fingerprint density at radius 1 is 0.941 bits per heavy atom. The molecule has 0 aliphatic carbocycles. The van der Waals surface area contributed by atoms with Crippen molar-refractivity contribution >= 4 is 0 Å². The predicted octanol–water partition coefficient (Wildman–Crippen LogP) is 3.53. The van der Waals surface area contributed by atoms with Crippen molar-refractivity contribution < 1.29 is 0 Å². The molecule has 2 N–H and O–H groups in total. The van der Waals surface area contributed by atoms with Gasteiger partial charge in [0.15, 0.2) is 0 Å². The van der Waals surface area contributed by atoms with Gasteiger partial charge in [-0.3, -0.25) is 0 Å². The van der Waals surface area contributed by atoms with E-state index in [1.54, 1.807) is 0 Å². The minimum Gasteiger partial charge on any atom is -0.318 e. The van der Waals surface area contributed by atoms with Crippen molar-refractivity contribution in [3.05, 3.63) is 70.8 Å². The largest absolute Gasteiger partial charge is 0.318 e. The van der Waals surface area contributed by atoms with Gasteiger partial charge in [-0.15, -0.1) is 0 Å². The van der Waals surface area contributed by atoms with Crippen molar-refractivity contribution in [3.8, 4) is 0 Å². The van der Waals surface area contributed by atoms with Crippen LogP contribution in [-0.2, 0) is 5.54 Å². The molecule has 0 fully saturated rings. The Balaban J connectivity index is 2.55. The lowest BCUT2D eigenvalue weighted by molar-refractivity contribution is 0.598. The van der Waals surface area contributed by atoms with Gasteiger partial charge in [0.25, 0.3) is 0 Å². The first kappa shape index (κ1) is 11.9. The second-order valence-corrected chi connectivity index (χ2v) is 4.89. The third-order valence-electron chi connectivity index (χ3n) is 3.33. The van der Waals surface area contributed by atoms with Crippen LogP contribution in [0.5, 0.6) is 0 Å². The fraction of sp³-hybridized carbons (Fsp3) is 0.250. The van der Waals surface area contributed by atoms with Crippen LogP contribution in [0.1, 0.15) is 29.2 Å². The second kappa shape index (κ2) is 4.34. The molecule has 2 aromatic carbocycles. The van der Waals surface area contributed by atoms with E-state index >= 15 is 0 Å². The number of hydrogen-bond donors (Lipinski definition) is 1. The molecule has 0 radical (unpaired) electrons. The summed E-state index contributed by atoms with van der Waals surface area (Å²) < 4.78 is 0. The Morgan fingerprint density at radius 2 is 1.59 bits per heavy atom. The van der Waals surface area contributed by atoms with Crippen molar-refractivity contribution in [1.29, 1.82) is 0 Å². The van der Waals surface area contributed by atoms with Gasteiger partial charge in [-0.2, -0.15) is 0 Å². The molecule has 1 unspecified atom stereocenters. The number of aryl methyl sites for hydroxylation is 2. The summed E-state index contributed by atoms with van der Waals surface area (Å²) in [6, 6.07) is 16.7. The molecule has 0 amide bonds. The van der Waals surface area contributed by atoms with Crippen LogP contribution in [0.15, 0.2) is 48.5 Å². The smallest absolute Gasteiger partial charge is 0.0639 e. The van der Waals surface area contributed by atoms with Crippen molar-refractivity contribution in [1.82, 2.24) is 0 Å². The normalized spacial score (nSPS) is 14.4. The summed E-state index contributed by atoms with van der Waals surface area (Å²) in [7, 11) is 0. The zero-order valence-corrected chi connectivity index (χ0v) is 10.7. The van der Waals surface area contributed by atoms with Crippen LogP contribution < -0.4 is 5.73 Å². The average molecular weight is 225 g/mol. The first-order valence-electron chi connectivity index (χ1n) is 5.94. The molecule has 0 saturated heterocycles. The third-order valence-corrected chi connectivity index (χ3v) is 3.33. The van der Waals surface area contributed by atoms with E-state index in [1.807, 2.05) is 18.2 Å². The average Bonchev–Trinajstić information content (AvgIpc) is 2.33. The van der Waals surface area contributed by atoms with Gasteiger partial charge in [-0.05, 0) is 37.5 Å². The van der Waals surface area contributed by atoms with Gasteiger partial charge < -0.3 is 5.73 Å². The Morgan fingerprint density at radius 3 is 2.24 bits per heavy atom. The Bertz CT molecular complexity index is 512. The Hall–Kier alpha value is -1.60. The zero-order chi connectivity index (χ0) is 12.5. The maximum atomic E-state index is 6.53. The number of hydrogen-bond acceptors (Lipinski definition) is 1. The highest BCUT2D eigenvalue weighted by Crippen LogP contribution is 2.29. The highest BCUT2D eigenvalue weighted by atomic mass is 14.7. The molecule has 0 heterocycles. The number of rotatable bonds is 2. The molecule has 0 aliphatic heterocycles. The van der Waals surface area contributed by atoms with Crippen LogP contribution in [0.25, 0.3) is 0 Å². The molecule has 0 bridgehead atoms. The second-order valence-electron chi connectivity index (χ2n) is 4.89. The van der Waals surface area contributed by atoms with E-state index in [0.29, 0.717) is 0 Å². The van der Waals surface area contributed by atoms with Crippen molar-refractivity contribution in [2.24, 2.45) is 5.73 Å². The van der Waals surface area contributed by atoms with E-state index in [4.69, 9.17) is 5.73 Å². The van der Waals surface area contributed by atoms with Gasteiger partial charge in [-0.1, -0.05) is 54.1 Å². The van der Waals surface area contributed by atoms with Gasteiger partial charge in [0, 0.05) is 0 Å². The van der Waals surface area contributed by atoms with Gasteiger partial charge in [0.2, 0.25) is 0 Å². The third kappa shape index (κ3) is 2.25. The quantitative estimate of drug-likeness (QED) is 0.831. The zero-order valence-electron chi connectivity index (χ0n) is 10.7. The minimum atomic E-state index is -0.433. The van der Waals surface area contributed by atoms with E-state index in [1.165, 1.54) is 16.7 Å². The summed E-state index contributed by atoms with van der Waals surface area (Å²) in [6.45, 7) is 6.29. The van der Waals surface area contributed by atoms with Crippen LogP contribution in [0.2, 0.25) is 0 Å². The molecule has 2 rings (SSSR count). The summed E-state index contributed by atoms with van der Waals surface area (Å²) in [6.07, 6.45) is 0. The van der Waals surface area contributed by atoms with Crippen LogP contribution in [0, 0.1) is 13.8 Å². The van der Waals surface area contributed by atoms with Crippen LogP contribution in [-0.4, -0.2) is 0 Å². The molecule has 0 aliphatic rings. The van der Waals surface area contributed by atoms with Gasteiger partial charge >= 0.3 is 0 Å².